The monoisotopic (exact) mass is 262 g/mol. The van der Waals surface area contributed by atoms with E-state index in [9.17, 15) is 9.90 Å². The Kier molecular flexibility index (Phi) is 3.79. The Morgan fingerprint density at radius 1 is 1.71 bits per heavy atom. The van der Waals surface area contributed by atoms with Crippen LogP contribution in [0.5, 0.6) is 0 Å². The third-order valence-electron chi connectivity index (χ3n) is 1.81. The molecule has 0 saturated carbocycles. The molecule has 0 aromatic carbocycles. The highest BCUT2D eigenvalue weighted by molar-refractivity contribution is 9.10. The molecule has 14 heavy (non-hydrogen) atoms. The molecule has 1 unspecified atom stereocenters. The third kappa shape index (κ3) is 2.40. The van der Waals surface area contributed by atoms with Crippen molar-refractivity contribution < 1.29 is 10.2 Å². The predicted octanol–water partition coefficient (Wildman–Crippen LogP) is -0.333. The van der Waals surface area contributed by atoms with Gasteiger partial charge < -0.3 is 10.2 Å². The van der Waals surface area contributed by atoms with Gasteiger partial charge in [0.05, 0.1) is 19.3 Å². The first-order chi connectivity index (χ1) is 6.56. The summed E-state index contributed by atoms with van der Waals surface area (Å²) >= 11 is 3.05. The molecular formula is C8H11BrN2O3. The number of aliphatic hydroxyl groups is 2. The van der Waals surface area contributed by atoms with Gasteiger partial charge in [-0.1, -0.05) is 0 Å². The van der Waals surface area contributed by atoms with Crippen molar-refractivity contribution in [1.82, 2.24) is 9.55 Å². The molecule has 0 fully saturated rings. The van der Waals surface area contributed by atoms with Gasteiger partial charge in [0.2, 0.25) is 0 Å². The minimum Gasteiger partial charge on any atom is -0.394 e. The average Bonchev–Trinajstić information content (AvgIpc) is 2.18. The SMILES string of the molecule is Cc1ncc(Br)c(=O)n1CC(O)CO. The summed E-state index contributed by atoms with van der Waals surface area (Å²) in [6.45, 7) is 1.34. The lowest BCUT2D eigenvalue weighted by atomic mass is 10.3. The maximum absolute atomic E-state index is 11.5. The molecule has 1 aromatic heterocycles. The maximum Gasteiger partial charge on any atom is 0.267 e. The highest BCUT2D eigenvalue weighted by Gasteiger charge is 2.09. The number of halogens is 1. The van der Waals surface area contributed by atoms with Crippen LogP contribution in [-0.2, 0) is 6.54 Å². The third-order valence-corrected chi connectivity index (χ3v) is 2.35. The van der Waals surface area contributed by atoms with Gasteiger partial charge in [0.15, 0.2) is 0 Å². The highest BCUT2D eigenvalue weighted by atomic mass is 79.9. The number of aryl methyl sites for hydroxylation is 1. The van der Waals surface area contributed by atoms with Crippen molar-refractivity contribution in [2.75, 3.05) is 6.61 Å². The van der Waals surface area contributed by atoms with Crippen LogP contribution >= 0.6 is 15.9 Å². The van der Waals surface area contributed by atoms with E-state index >= 15 is 0 Å². The number of aliphatic hydroxyl groups excluding tert-OH is 2. The van der Waals surface area contributed by atoms with E-state index in [0.717, 1.165) is 0 Å². The number of hydrogen-bond acceptors (Lipinski definition) is 4. The van der Waals surface area contributed by atoms with E-state index in [1.54, 1.807) is 6.92 Å². The van der Waals surface area contributed by atoms with E-state index in [0.29, 0.717) is 10.3 Å². The molecule has 0 amide bonds. The number of aromatic nitrogens is 2. The van der Waals surface area contributed by atoms with Crippen molar-refractivity contribution in [3.8, 4) is 0 Å². The van der Waals surface area contributed by atoms with Crippen LogP contribution in [0.2, 0.25) is 0 Å². The summed E-state index contributed by atoms with van der Waals surface area (Å²) in [4.78, 5) is 15.5. The van der Waals surface area contributed by atoms with Crippen LogP contribution < -0.4 is 5.56 Å². The Balaban J connectivity index is 3.07. The molecule has 0 aliphatic heterocycles. The highest BCUT2D eigenvalue weighted by Crippen LogP contribution is 2.02. The van der Waals surface area contributed by atoms with Gasteiger partial charge >= 0.3 is 0 Å². The Morgan fingerprint density at radius 3 is 2.93 bits per heavy atom. The quantitative estimate of drug-likeness (QED) is 0.782. The zero-order valence-electron chi connectivity index (χ0n) is 7.64. The molecule has 0 bridgehead atoms. The standard InChI is InChI=1S/C8H11BrN2O3/c1-5-10-2-7(9)8(14)11(5)3-6(13)4-12/h2,6,12-13H,3-4H2,1H3. The van der Waals surface area contributed by atoms with Gasteiger partial charge in [0, 0.05) is 6.20 Å². The van der Waals surface area contributed by atoms with E-state index < -0.39 is 6.10 Å². The van der Waals surface area contributed by atoms with E-state index in [1.165, 1.54) is 10.8 Å². The second-order valence-electron chi connectivity index (χ2n) is 2.91. The van der Waals surface area contributed by atoms with Gasteiger partial charge in [-0.3, -0.25) is 9.36 Å². The van der Waals surface area contributed by atoms with Gasteiger partial charge in [0.1, 0.15) is 10.3 Å². The molecule has 5 nitrogen and oxygen atoms in total. The van der Waals surface area contributed by atoms with Crippen molar-refractivity contribution >= 4 is 15.9 Å². The van der Waals surface area contributed by atoms with E-state index in [-0.39, 0.29) is 18.7 Å². The second-order valence-corrected chi connectivity index (χ2v) is 3.76. The van der Waals surface area contributed by atoms with Crippen LogP contribution in [0, 0.1) is 6.92 Å². The van der Waals surface area contributed by atoms with Gasteiger partial charge in [-0.25, -0.2) is 4.98 Å². The fourth-order valence-electron chi connectivity index (χ4n) is 1.03. The van der Waals surface area contributed by atoms with E-state index in [2.05, 4.69) is 20.9 Å². The van der Waals surface area contributed by atoms with Crippen LogP contribution in [0.1, 0.15) is 5.82 Å². The summed E-state index contributed by atoms with van der Waals surface area (Å²) in [5.41, 5.74) is -0.259. The van der Waals surface area contributed by atoms with Crippen LogP contribution in [0.15, 0.2) is 15.5 Å². The molecule has 1 aromatic rings. The summed E-state index contributed by atoms with van der Waals surface area (Å²) in [5.74, 6) is 0.505. The summed E-state index contributed by atoms with van der Waals surface area (Å²) in [7, 11) is 0. The minimum atomic E-state index is -0.942. The van der Waals surface area contributed by atoms with Crippen molar-refractivity contribution in [1.29, 1.82) is 0 Å². The van der Waals surface area contributed by atoms with Gasteiger partial charge in [-0.05, 0) is 22.9 Å². The molecule has 0 radical (unpaired) electrons. The molecule has 1 rings (SSSR count). The summed E-state index contributed by atoms with van der Waals surface area (Å²) in [6.07, 6.45) is 0.474. The van der Waals surface area contributed by atoms with E-state index in [1.807, 2.05) is 0 Å². The predicted molar refractivity (Wildman–Crippen MR) is 54.0 cm³/mol. The molecule has 78 valence electrons. The van der Waals surface area contributed by atoms with Crippen LogP contribution in [0.4, 0.5) is 0 Å². The molecule has 0 spiro atoms. The molecule has 1 atom stereocenters. The number of nitrogens with zero attached hydrogens (tertiary/aromatic N) is 2. The first-order valence-electron chi connectivity index (χ1n) is 4.07. The summed E-state index contributed by atoms with van der Waals surface area (Å²) in [6, 6.07) is 0. The molecular weight excluding hydrogens is 252 g/mol. The van der Waals surface area contributed by atoms with Gasteiger partial charge in [-0.15, -0.1) is 0 Å². The fourth-order valence-corrected chi connectivity index (χ4v) is 1.35. The lowest BCUT2D eigenvalue weighted by Gasteiger charge is -2.12. The Hall–Kier alpha value is -0.720. The Bertz CT molecular complexity index is 377. The van der Waals surface area contributed by atoms with Crippen LogP contribution in [0.3, 0.4) is 0 Å². The lowest BCUT2D eigenvalue weighted by Crippen LogP contribution is -2.31. The molecule has 2 N–H and O–H groups in total. The maximum atomic E-state index is 11.5. The Morgan fingerprint density at radius 2 is 2.36 bits per heavy atom. The van der Waals surface area contributed by atoms with Crippen molar-refractivity contribution in [3.63, 3.8) is 0 Å². The Labute approximate surface area is 89.2 Å². The smallest absolute Gasteiger partial charge is 0.267 e. The second kappa shape index (κ2) is 4.68. The van der Waals surface area contributed by atoms with Crippen LogP contribution in [0.25, 0.3) is 0 Å². The number of rotatable bonds is 3. The van der Waals surface area contributed by atoms with Crippen molar-refractivity contribution in [3.05, 3.63) is 26.8 Å². The molecule has 1 heterocycles. The van der Waals surface area contributed by atoms with Gasteiger partial charge in [-0.2, -0.15) is 0 Å². The number of hydrogen-bond donors (Lipinski definition) is 2. The zero-order chi connectivity index (χ0) is 10.7. The van der Waals surface area contributed by atoms with Crippen molar-refractivity contribution in [2.24, 2.45) is 0 Å². The van der Waals surface area contributed by atoms with E-state index in [4.69, 9.17) is 5.11 Å². The minimum absolute atomic E-state index is 0.0492. The van der Waals surface area contributed by atoms with Crippen LogP contribution in [-0.4, -0.2) is 32.5 Å². The topological polar surface area (TPSA) is 75.4 Å². The molecule has 0 aliphatic rings. The first kappa shape index (κ1) is 11.4. The average molecular weight is 263 g/mol. The largest absolute Gasteiger partial charge is 0.394 e. The normalized spacial score (nSPS) is 12.9. The molecule has 0 aliphatic carbocycles. The van der Waals surface area contributed by atoms with Crippen molar-refractivity contribution in [2.45, 2.75) is 19.6 Å². The molecule has 0 saturated heterocycles. The lowest BCUT2D eigenvalue weighted by molar-refractivity contribution is 0.0795. The van der Waals surface area contributed by atoms with Gasteiger partial charge in [0.25, 0.3) is 5.56 Å². The zero-order valence-corrected chi connectivity index (χ0v) is 9.23. The summed E-state index contributed by atoms with van der Waals surface area (Å²) < 4.78 is 1.65. The first-order valence-corrected chi connectivity index (χ1v) is 4.86. The summed E-state index contributed by atoms with van der Waals surface area (Å²) in [5, 5.41) is 17.8. The molecule has 6 heteroatoms. The fraction of sp³-hybridized carbons (Fsp3) is 0.500.